The normalized spacial score (nSPS) is 19.7. The number of fused-ring (bicyclic) bond motifs is 3. The molecule has 0 radical (unpaired) electrons. The number of benzene rings is 1. The van der Waals surface area contributed by atoms with Crippen LogP contribution in [-0.2, 0) is 0 Å². The first-order valence-corrected chi connectivity index (χ1v) is 7.47. The molecule has 0 aliphatic carbocycles. The quantitative estimate of drug-likeness (QED) is 0.623. The number of non-ortho nitro benzene ring substituents is 1. The summed E-state index contributed by atoms with van der Waals surface area (Å²) in [5, 5.41) is 24.7. The van der Waals surface area contributed by atoms with Gasteiger partial charge in [0, 0.05) is 17.5 Å². The van der Waals surface area contributed by atoms with Gasteiger partial charge in [-0.1, -0.05) is 23.9 Å². The van der Waals surface area contributed by atoms with Crippen molar-refractivity contribution in [2.45, 2.75) is 10.5 Å². The van der Waals surface area contributed by atoms with Crippen molar-refractivity contribution in [2.24, 2.45) is 0 Å². The number of hydrogen-bond donors (Lipinski definition) is 0. The van der Waals surface area contributed by atoms with Gasteiger partial charge in [0.1, 0.15) is 16.7 Å². The minimum Gasteiger partial charge on any atom is -0.258 e. The molecule has 0 spiro atoms. The Morgan fingerprint density at radius 2 is 2.30 bits per heavy atom. The van der Waals surface area contributed by atoms with Crippen molar-refractivity contribution < 1.29 is 4.92 Å². The molecule has 20 heavy (non-hydrogen) atoms. The zero-order chi connectivity index (χ0) is 13.7. The molecule has 1 aromatic carbocycles. The standard InChI is InChI=1S/C11H7N5O2S2/c17-16(18)8-3-1-2-7(4-8)10-15-9(5-19-10)20-11-13-12-6-14(11)15/h1-6,10H/t10-/m1/s1. The first-order valence-electron chi connectivity index (χ1n) is 5.71. The van der Waals surface area contributed by atoms with E-state index in [0.29, 0.717) is 0 Å². The fourth-order valence-electron chi connectivity index (χ4n) is 2.18. The zero-order valence-electron chi connectivity index (χ0n) is 9.91. The molecule has 1 aromatic heterocycles. The Labute approximate surface area is 121 Å². The second-order valence-corrected chi connectivity index (χ2v) is 6.14. The average Bonchev–Trinajstić information content (AvgIpc) is 3.09. The van der Waals surface area contributed by atoms with Gasteiger partial charge in [-0.15, -0.1) is 10.2 Å². The van der Waals surface area contributed by atoms with E-state index in [1.165, 1.54) is 6.07 Å². The smallest absolute Gasteiger partial charge is 0.258 e. The largest absolute Gasteiger partial charge is 0.269 e. The number of aromatic nitrogens is 3. The molecule has 1 atom stereocenters. The molecule has 2 aliphatic rings. The lowest BCUT2D eigenvalue weighted by atomic mass is 10.2. The molecule has 0 bridgehead atoms. The molecule has 0 saturated carbocycles. The van der Waals surface area contributed by atoms with Crippen molar-refractivity contribution in [1.82, 2.24) is 14.9 Å². The highest BCUT2D eigenvalue weighted by Crippen LogP contribution is 2.50. The van der Waals surface area contributed by atoms with E-state index in [0.717, 1.165) is 15.7 Å². The Hall–Kier alpha value is -2.00. The van der Waals surface area contributed by atoms with Crippen molar-refractivity contribution in [3.63, 3.8) is 0 Å². The molecule has 0 saturated heterocycles. The van der Waals surface area contributed by atoms with Crippen molar-refractivity contribution in [3.8, 4) is 0 Å². The van der Waals surface area contributed by atoms with Gasteiger partial charge in [0.25, 0.3) is 5.69 Å². The molecule has 2 aromatic rings. The third-order valence-corrected chi connectivity index (χ3v) is 5.24. The van der Waals surface area contributed by atoms with E-state index in [1.54, 1.807) is 42.0 Å². The second-order valence-electron chi connectivity index (χ2n) is 4.20. The molecule has 0 amide bonds. The lowest BCUT2D eigenvalue weighted by Crippen LogP contribution is -2.28. The maximum Gasteiger partial charge on any atom is 0.269 e. The van der Waals surface area contributed by atoms with E-state index in [-0.39, 0.29) is 16.0 Å². The summed E-state index contributed by atoms with van der Waals surface area (Å²) >= 11 is 3.16. The third-order valence-electron chi connectivity index (χ3n) is 3.04. The van der Waals surface area contributed by atoms with Crippen molar-refractivity contribution >= 4 is 29.2 Å². The van der Waals surface area contributed by atoms with Crippen LogP contribution in [0, 0.1) is 10.1 Å². The van der Waals surface area contributed by atoms with Gasteiger partial charge >= 0.3 is 0 Å². The van der Waals surface area contributed by atoms with Crippen molar-refractivity contribution in [2.75, 3.05) is 5.01 Å². The highest BCUT2D eigenvalue weighted by Gasteiger charge is 2.37. The van der Waals surface area contributed by atoms with Gasteiger partial charge < -0.3 is 0 Å². The van der Waals surface area contributed by atoms with Crippen LogP contribution in [0.3, 0.4) is 0 Å². The first kappa shape index (κ1) is 11.8. The third kappa shape index (κ3) is 1.63. The summed E-state index contributed by atoms with van der Waals surface area (Å²) in [4.78, 5) is 10.5. The van der Waals surface area contributed by atoms with E-state index in [4.69, 9.17) is 0 Å². The monoisotopic (exact) mass is 305 g/mol. The minimum absolute atomic E-state index is 0.0327. The molecule has 9 heteroatoms. The highest BCUT2D eigenvalue weighted by molar-refractivity contribution is 8.07. The Balaban J connectivity index is 1.74. The number of nitro benzene ring substituents is 1. The van der Waals surface area contributed by atoms with Gasteiger partial charge in [-0.25, -0.2) is 4.68 Å². The summed E-state index contributed by atoms with van der Waals surface area (Å²) < 4.78 is 1.88. The van der Waals surface area contributed by atoms with Crippen LogP contribution >= 0.6 is 23.5 Å². The van der Waals surface area contributed by atoms with Crippen LogP contribution in [0.5, 0.6) is 0 Å². The first-order chi connectivity index (χ1) is 9.74. The molecule has 0 unspecified atom stereocenters. The molecule has 3 heterocycles. The van der Waals surface area contributed by atoms with Gasteiger partial charge in [0.05, 0.1) is 4.92 Å². The maximum atomic E-state index is 10.9. The summed E-state index contributed by atoms with van der Waals surface area (Å²) in [6.07, 6.45) is 1.65. The van der Waals surface area contributed by atoms with Gasteiger partial charge in [0.2, 0.25) is 5.16 Å². The summed E-state index contributed by atoms with van der Waals surface area (Å²) in [6, 6.07) is 6.72. The van der Waals surface area contributed by atoms with E-state index >= 15 is 0 Å². The summed E-state index contributed by atoms with van der Waals surface area (Å²) in [7, 11) is 0. The van der Waals surface area contributed by atoms with Crippen LogP contribution in [-0.4, -0.2) is 19.8 Å². The molecule has 100 valence electrons. The Morgan fingerprint density at radius 1 is 1.40 bits per heavy atom. The van der Waals surface area contributed by atoms with Crippen LogP contribution in [0.15, 0.2) is 46.2 Å². The van der Waals surface area contributed by atoms with Crippen molar-refractivity contribution in [3.05, 3.63) is 56.7 Å². The number of thioether (sulfide) groups is 2. The Kier molecular flexibility index (Phi) is 2.51. The molecule has 7 nitrogen and oxygen atoms in total. The van der Waals surface area contributed by atoms with E-state index in [1.807, 2.05) is 21.2 Å². The fraction of sp³-hybridized carbons (Fsp3) is 0.0909. The average molecular weight is 305 g/mol. The van der Waals surface area contributed by atoms with E-state index in [9.17, 15) is 10.1 Å². The molecule has 4 rings (SSSR count). The fourth-order valence-corrected chi connectivity index (χ4v) is 4.38. The highest BCUT2D eigenvalue weighted by atomic mass is 32.2. The lowest BCUT2D eigenvalue weighted by molar-refractivity contribution is -0.384. The number of nitrogens with zero attached hydrogens (tertiary/aromatic N) is 5. The Bertz CT molecular complexity index is 744. The summed E-state index contributed by atoms with van der Waals surface area (Å²) in [6.45, 7) is 0. The maximum absolute atomic E-state index is 10.9. The molecular formula is C11H7N5O2S2. The Morgan fingerprint density at radius 3 is 3.15 bits per heavy atom. The zero-order valence-corrected chi connectivity index (χ0v) is 11.5. The number of nitro groups is 1. The van der Waals surface area contributed by atoms with Gasteiger partial charge in [-0.2, -0.15) is 0 Å². The predicted octanol–water partition coefficient (Wildman–Crippen LogP) is 2.47. The van der Waals surface area contributed by atoms with Crippen LogP contribution in [0.25, 0.3) is 0 Å². The summed E-state index contributed by atoms with van der Waals surface area (Å²) in [5.41, 5.74) is 0.991. The summed E-state index contributed by atoms with van der Waals surface area (Å²) in [5.74, 6) is 0. The lowest BCUT2D eigenvalue weighted by Gasteiger charge is -2.23. The molecule has 2 aliphatic heterocycles. The van der Waals surface area contributed by atoms with E-state index < -0.39 is 0 Å². The van der Waals surface area contributed by atoms with Crippen molar-refractivity contribution in [1.29, 1.82) is 0 Å². The molecule has 0 fully saturated rings. The van der Waals surface area contributed by atoms with E-state index in [2.05, 4.69) is 10.2 Å². The molecule has 0 N–H and O–H groups in total. The number of rotatable bonds is 2. The van der Waals surface area contributed by atoms with Crippen LogP contribution in [0.1, 0.15) is 10.9 Å². The molecular weight excluding hydrogens is 298 g/mol. The van der Waals surface area contributed by atoms with Gasteiger partial charge in [-0.05, 0) is 17.3 Å². The SMILES string of the molecule is O=[N+]([O-])c1cccc([C@H]2SC=C3Sc4nncn4N32)c1. The minimum atomic E-state index is -0.375. The van der Waals surface area contributed by atoms with Crippen LogP contribution in [0.2, 0.25) is 0 Å². The van der Waals surface area contributed by atoms with Gasteiger partial charge in [-0.3, -0.25) is 15.1 Å². The second kappa shape index (κ2) is 4.25. The van der Waals surface area contributed by atoms with Crippen LogP contribution in [0.4, 0.5) is 5.69 Å². The van der Waals surface area contributed by atoms with Gasteiger partial charge in [0.15, 0.2) is 0 Å². The number of hydrogen-bond acceptors (Lipinski definition) is 7. The topological polar surface area (TPSA) is 77.1 Å². The predicted molar refractivity (Wildman–Crippen MR) is 75.6 cm³/mol. The van der Waals surface area contributed by atoms with Crippen LogP contribution < -0.4 is 5.01 Å².